The Morgan fingerprint density at radius 1 is 1.38 bits per heavy atom. The minimum Gasteiger partial charge on any atom is -0.374 e. The largest absolute Gasteiger partial charge is 0.374 e. The van der Waals surface area contributed by atoms with Gasteiger partial charge in [-0.25, -0.2) is 4.98 Å². The lowest BCUT2D eigenvalue weighted by molar-refractivity contribution is -0.0751. The van der Waals surface area contributed by atoms with E-state index in [9.17, 15) is 9.59 Å². The van der Waals surface area contributed by atoms with E-state index >= 15 is 0 Å². The van der Waals surface area contributed by atoms with Gasteiger partial charge in [0.2, 0.25) is 0 Å². The van der Waals surface area contributed by atoms with Crippen LogP contribution in [-0.2, 0) is 11.8 Å². The third-order valence-electron chi connectivity index (χ3n) is 5.20. The van der Waals surface area contributed by atoms with Gasteiger partial charge in [-0.2, -0.15) is 0 Å². The molecule has 2 fully saturated rings. The molecule has 1 aliphatic heterocycles. The van der Waals surface area contributed by atoms with Crippen molar-refractivity contribution in [3.8, 4) is 0 Å². The maximum Gasteiger partial charge on any atom is 0.264 e. The van der Waals surface area contributed by atoms with Crippen molar-refractivity contribution >= 4 is 27.5 Å². The van der Waals surface area contributed by atoms with Crippen LogP contribution in [-0.4, -0.2) is 45.7 Å². The molecule has 4 rings (SSSR count). The van der Waals surface area contributed by atoms with E-state index in [1.54, 1.807) is 7.05 Å². The summed E-state index contributed by atoms with van der Waals surface area (Å²) in [5.74, 6) is 0.0257. The topological polar surface area (TPSA) is 64.4 Å². The van der Waals surface area contributed by atoms with Crippen LogP contribution < -0.4 is 5.56 Å². The highest BCUT2D eigenvalue weighted by molar-refractivity contribution is 7.20. The molecule has 128 valence electrons. The van der Waals surface area contributed by atoms with Gasteiger partial charge in [-0.1, -0.05) is 12.8 Å². The molecule has 7 heteroatoms. The number of thiophene rings is 1. The van der Waals surface area contributed by atoms with Gasteiger partial charge in [-0.15, -0.1) is 11.3 Å². The third kappa shape index (κ3) is 2.38. The predicted molar refractivity (Wildman–Crippen MR) is 92.6 cm³/mol. The second-order valence-corrected chi connectivity index (χ2v) is 7.66. The van der Waals surface area contributed by atoms with Crippen LogP contribution in [0.25, 0.3) is 10.2 Å². The Hall–Kier alpha value is -1.73. The zero-order valence-electron chi connectivity index (χ0n) is 13.9. The van der Waals surface area contributed by atoms with E-state index in [2.05, 4.69) is 4.98 Å². The second kappa shape index (κ2) is 5.97. The van der Waals surface area contributed by atoms with Gasteiger partial charge in [-0.3, -0.25) is 9.59 Å². The molecule has 2 aromatic heterocycles. The average molecular weight is 347 g/mol. The molecule has 6 nitrogen and oxygen atoms in total. The molecule has 3 heterocycles. The normalized spacial score (nSPS) is 24.2. The van der Waals surface area contributed by atoms with Crippen LogP contribution >= 0.6 is 11.3 Å². The number of amides is 1. The standard InChI is InChI=1S/C17H21N3O3S/c1-10-13-15(18-9-19(2)16(13)21)24-14(10)17(22)20-7-8-23-12-6-4-3-5-11(12)20/h9,11-12H,3-8H2,1-2H3/t11-,12+/m1/s1. The molecule has 2 aliphatic rings. The Morgan fingerprint density at radius 3 is 3.00 bits per heavy atom. The summed E-state index contributed by atoms with van der Waals surface area (Å²) in [5, 5.41) is 0.571. The summed E-state index contributed by atoms with van der Waals surface area (Å²) in [7, 11) is 1.68. The summed E-state index contributed by atoms with van der Waals surface area (Å²) in [6, 6.07) is 0.167. The number of morpholine rings is 1. The molecule has 2 atom stereocenters. The number of aromatic nitrogens is 2. The number of aryl methyl sites for hydroxylation is 2. The van der Waals surface area contributed by atoms with Crippen molar-refractivity contribution in [1.29, 1.82) is 0 Å². The van der Waals surface area contributed by atoms with Crippen LogP contribution in [0.15, 0.2) is 11.1 Å². The van der Waals surface area contributed by atoms with Crippen molar-refractivity contribution in [1.82, 2.24) is 14.5 Å². The highest BCUT2D eigenvalue weighted by Gasteiger charge is 2.38. The van der Waals surface area contributed by atoms with Crippen molar-refractivity contribution in [2.45, 2.75) is 44.8 Å². The fourth-order valence-corrected chi connectivity index (χ4v) is 4.99. The summed E-state index contributed by atoms with van der Waals surface area (Å²) in [6.07, 6.45) is 6.02. The molecule has 0 radical (unpaired) electrons. The van der Waals surface area contributed by atoms with E-state index in [-0.39, 0.29) is 23.6 Å². The monoisotopic (exact) mass is 347 g/mol. The number of nitrogens with zero attached hydrogens (tertiary/aromatic N) is 3. The molecular formula is C17H21N3O3S. The molecule has 0 spiro atoms. The number of hydrogen-bond donors (Lipinski definition) is 0. The van der Waals surface area contributed by atoms with Crippen LogP contribution in [0.1, 0.15) is 40.9 Å². The first-order chi connectivity index (χ1) is 11.6. The van der Waals surface area contributed by atoms with Gasteiger partial charge >= 0.3 is 0 Å². The highest BCUT2D eigenvalue weighted by atomic mass is 32.1. The lowest BCUT2D eigenvalue weighted by Gasteiger charge is -2.43. The minimum atomic E-state index is -0.0923. The Labute approximate surface area is 144 Å². The predicted octanol–water partition coefficient (Wildman–Crippen LogP) is 2.09. The van der Waals surface area contributed by atoms with Crippen LogP contribution in [0.3, 0.4) is 0 Å². The van der Waals surface area contributed by atoms with Crippen molar-refractivity contribution in [2.75, 3.05) is 13.2 Å². The smallest absolute Gasteiger partial charge is 0.264 e. The van der Waals surface area contributed by atoms with E-state index in [4.69, 9.17) is 4.74 Å². The minimum absolute atomic E-state index is 0.0257. The molecule has 0 unspecified atom stereocenters. The Balaban J connectivity index is 1.74. The first-order valence-electron chi connectivity index (χ1n) is 8.45. The van der Waals surface area contributed by atoms with Gasteiger partial charge < -0.3 is 14.2 Å². The highest BCUT2D eigenvalue weighted by Crippen LogP contribution is 2.33. The molecule has 0 N–H and O–H groups in total. The Morgan fingerprint density at radius 2 is 2.17 bits per heavy atom. The van der Waals surface area contributed by atoms with Gasteiger partial charge in [0.15, 0.2) is 0 Å². The molecular weight excluding hydrogens is 326 g/mol. The molecule has 1 amide bonds. The van der Waals surface area contributed by atoms with Crippen LogP contribution in [0.5, 0.6) is 0 Å². The lowest BCUT2D eigenvalue weighted by Crippen LogP contribution is -2.54. The van der Waals surface area contributed by atoms with Gasteiger partial charge in [0.05, 0.1) is 35.3 Å². The van der Waals surface area contributed by atoms with Crippen molar-refractivity contribution in [3.05, 3.63) is 27.1 Å². The molecule has 2 aromatic rings. The summed E-state index contributed by atoms with van der Waals surface area (Å²) >= 11 is 1.33. The van der Waals surface area contributed by atoms with Gasteiger partial charge in [-0.05, 0) is 25.3 Å². The Bertz CT molecular complexity index is 855. The van der Waals surface area contributed by atoms with Crippen LogP contribution in [0.4, 0.5) is 0 Å². The number of hydrogen-bond acceptors (Lipinski definition) is 5. The first-order valence-corrected chi connectivity index (χ1v) is 9.27. The second-order valence-electron chi connectivity index (χ2n) is 6.66. The number of ether oxygens (including phenoxy) is 1. The van der Waals surface area contributed by atoms with Gasteiger partial charge in [0, 0.05) is 13.6 Å². The molecule has 1 aliphatic carbocycles. The van der Waals surface area contributed by atoms with Crippen LogP contribution in [0.2, 0.25) is 0 Å². The summed E-state index contributed by atoms with van der Waals surface area (Å²) < 4.78 is 7.33. The molecule has 0 aromatic carbocycles. The number of fused-ring (bicyclic) bond motifs is 2. The fourth-order valence-electron chi connectivity index (χ4n) is 3.89. The fraction of sp³-hybridized carbons (Fsp3) is 0.588. The zero-order chi connectivity index (χ0) is 16.8. The van der Waals surface area contributed by atoms with E-state index in [1.165, 1.54) is 28.7 Å². The van der Waals surface area contributed by atoms with E-state index in [0.29, 0.717) is 28.2 Å². The van der Waals surface area contributed by atoms with Gasteiger partial charge in [0.25, 0.3) is 11.5 Å². The molecule has 0 bridgehead atoms. The van der Waals surface area contributed by atoms with Crippen molar-refractivity contribution in [2.24, 2.45) is 7.05 Å². The first kappa shape index (κ1) is 15.8. The average Bonchev–Trinajstić information content (AvgIpc) is 2.94. The van der Waals surface area contributed by atoms with Crippen molar-refractivity contribution in [3.63, 3.8) is 0 Å². The number of carbonyl (C=O) groups is 1. The summed E-state index contributed by atoms with van der Waals surface area (Å²) in [6.45, 7) is 3.07. The van der Waals surface area contributed by atoms with E-state index < -0.39 is 0 Å². The molecule has 1 saturated carbocycles. The lowest BCUT2D eigenvalue weighted by atomic mass is 9.90. The van der Waals surface area contributed by atoms with Crippen molar-refractivity contribution < 1.29 is 9.53 Å². The zero-order valence-corrected chi connectivity index (χ0v) is 14.8. The quantitative estimate of drug-likeness (QED) is 0.792. The Kier molecular flexibility index (Phi) is 3.92. The van der Waals surface area contributed by atoms with E-state index in [1.807, 2.05) is 11.8 Å². The maximum atomic E-state index is 13.2. The summed E-state index contributed by atoms with van der Waals surface area (Å²) in [5.41, 5.74) is 0.665. The van der Waals surface area contributed by atoms with Gasteiger partial charge in [0.1, 0.15) is 4.83 Å². The SMILES string of the molecule is Cc1c(C(=O)N2CCO[C@H]3CCCC[C@H]32)sc2ncn(C)c(=O)c12. The van der Waals surface area contributed by atoms with Crippen LogP contribution in [0, 0.1) is 6.92 Å². The maximum absolute atomic E-state index is 13.2. The summed E-state index contributed by atoms with van der Waals surface area (Å²) in [4.78, 5) is 33.1. The van der Waals surface area contributed by atoms with E-state index in [0.717, 1.165) is 24.8 Å². The molecule has 1 saturated heterocycles. The number of carbonyl (C=O) groups excluding carboxylic acids is 1. The molecule has 24 heavy (non-hydrogen) atoms. The third-order valence-corrected chi connectivity index (χ3v) is 6.39. The number of rotatable bonds is 1.